The van der Waals surface area contributed by atoms with E-state index >= 15 is 0 Å². The zero-order valence-corrected chi connectivity index (χ0v) is 28.0. The number of fused-ring (bicyclic) bond motifs is 3. The van der Waals surface area contributed by atoms with Crippen molar-refractivity contribution in [2.75, 3.05) is 0 Å². The van der Waals surface area contributed by atoms with Gasteiger partial charge in [-0.05, 0) is 74.3 Å². The van der Waals surface area contributed by atoms with E-state index in [1.165, 1.54) is 15.6 Å². The lowest BCUT2D eigenvalue weighted by Gasteiger charge is -2.36. The summed E-state index contributed by atoms with van der Waals surface area (Å²) in [5, 5.41) is 37.6. The molecule has 0 saturated carbocycles. The molecular weight excluding hydrogens is 625 g/mol. The third-order valence-electron chi connectivity index (χ3n) is 9.66. The summed E-state index contributed by atoms with van der Waals surface area (Å²) in [7, 11) is -3.03. The third-order valence-corrected chi connectivity index (χ3v) is 14.5. The van der Waals surface area contributed by atoms with Crippen LogP contribution in [0.4, 0.5) is 0 Å². The van der Waals surface area contributed by atoms with E-state index in [0.29, 0.717) is 22.4 Å². The van der Waals surface area contributed by atoms with Gasteiger partial charge in [0.15, 0.2) is 8.07 Å². The number of benzene rings is 7. The van der Waals surface area contributed by atoms with E-state index in [0.717, 1.165) is 38.1 Å². The predicted octanol–water partition coefficient (Wildman–Crippen LogP) is 7.44. The molecule has 8 rings (SSSR count). The molecule has 8 aromatic rings. The van der Waals surface area contributed by atoms with Crippen LogP contribution in [0.1, 0.15) is 16.7 Å². The molecule has 0 aliphatic carbocycles. The van der Waals surface area contributed by atoms with Gasteiger partial charge >= 0.3 is 0 Å². The molecule has 1 aromatic heterocycles. The largest absolute Gasteiger partial charge is 0.308 e. The van der Waals surface area contributed by atoms with Crippen LogP contribution in [-0.4, -0.2) is 12.6 Å². The van der Waals surface area contributed by atoms with E-state index in [4.69, 9.17) is 0 Å². The summed E-state index contributed by atoms with van der Waals surface area (Å²) >= 11 is 0. The fourth-order valence-corrected chi connectivity index (χ4v) is 12.6. The smallest absolute Gasteiger partial charge is 0.180 e. The van der Waals surface area contributed by atoms with Gasteiger partial charge < -0.3 is 4.57 Å². The highest BCUT2D eigenvalue weighted by Crippen LogP contribution is 2.36. The highest BCUT2D eigenvalue weighted by atomic mass is 28.3. The second kappa shape index (κ2) is 12.6. The maximum absolute atomic E-state index is 10.7. The zero-order valence-electron chi connectivity index (χ0n) is 27.0. The van der Waals surface area contributed by atoms with Crippen LogP contribution in [0.15, 0.2) is 170 Å². The maximum atomic E-state index is 10.7. The van der Waals surface area contributed by atoms with Gasteiger partial charge in [0.1, 0.15) is 6.07 Å². The molecule has 0 N–H and O–H groups in total. The maximum Gasteiger partial charge on any atom is 0.180 e. The molecule has 1 heterocycles. The van der Waals surface area contributed by atoms with Crippen LogP contribution in [0, 0.1) is 34.0 Å². The molecule has 50 heavy (non-hydrogen) atoms. The van der Waals surface area contributed by atoms with Crippen LogP contribution in [0.2, 0.25) is 0 Å². The van der Waals surface area contributed by atoms with Crippen LogP contribution >= 0.6 is 0 Å². The molecular formula is C45H28N4Si. The van der Waals surface area contributed by atoms with Crippen molar-refractivity contribution in [3.05, 3.63) is 187 Å². The Bertz CT molecular complexity index is 2580. The van der Waals surface area contributed by atoms with E-state index in [-0.39, 0.29) is 0 Å². The van der Waals surface area contributed by atoms with Crippen molar-refractivity contribution in [3.63, 3.8) is 0 Å². The number of hydrogen-bond donors (Lipinski definition) is 0. The lowest BCUT2D eigenvalue weighted by Crippen LogP contribution is -2.75. The van der Waals surface area contributed by atoms with Gasteiger partial charge in [0.2, 0.25) is 0 Å². The van der Waals surface area contributed by atoms with Gasteiger partial charge in [0.25, 0.3) is 0 Å². The molecule has 4 nitrogen and oxygen atoms in total. The van der Waals surface area contributed by atoms with Crippen molar-refractivity contribution in [2.24, 2.45) is 0 Å². The molecule has 0 spiro atoms. The Morgan fingerprint density at radius 3 is 1.62 bits per heavy atom. The summed E-state index contributed by atoms with van der Waals surface area (Å²) in [6.07, 6.45) is 0. The van der Waals surface area contributed by atoms with E-state index in [9.17, 15) is 15.8 Å². The Morgan fingerprint density at radius 1 is 0.440 bits per heavy atom. The van der Waals surface area contributed by atoms with Crippen LogP contribution in [0.5, 0.6) is 0 Å². The Labute approximate surface area is 291 Å². The Morgan fingerprint density at radius 2 is 1.02 bits per heavy atom. The molecule has 0 bridgehead atoms. The molecule has 0 amide bonds. The highest BCUT2D eigenvalue weighted by Gasteiger charge is 2.43. The molecule has 0 saturated heterocycles. The fraction of sp³-hybridized carbons (Fsp3) is 0. The van der Waals surface area contributed by atoms with Crippen LogP contribution in [0.3, 0.4) is 0 Å². The van der Waals surface area contributed by atoms with Crippen molar-refractivity contribution in [1.82, 2.24) is 4.57 Å². The topological polar surface area (TPSA) is 76.3 Å². The molecule has 5 heteroatoms. The van der Waals surface area contributed by atoms with Gasteiger partial charge in [-0.3, -0.25) is 0 Å². The lowest BCUT2D eigenvalue weighted by atomic mass is 9.98. The van der Waals surface area contributed by atoms with Crippen LogP contribution in [-0.2, 0) is 0 Å². The summed E-state index contributed by atoms with van der Waals surface area (Å²) in [6, 6.07) is 65.0. The molecule has 0 radical (unpaired) electrons. The molecule has 7 aromatic carbocycles. The summed E-state index contributed by atoms with van der Waals surface area (Å²) in [6.45, 7) is 0. The minimum Gasteiger partial charge on any atom is -0.308 e. The quantitative estimate of drug-likeness (QED) is 0.138. The average molecular weight is 653 g/mol. The number of nitriles is 3. The van der Waals surface area contributed by atoms with Gasteiger partial charge in [0, 0.05) is 10.8 Å². The highest BCUT2D eigenvalue weighted by molar-refractivity contribution is 7.20. The first-order valence-corrected chi connectivity index (χ1v) is 18.4. The first kappa shape index (κ1) is 30.4. The van der Waals surface area contributed by atoms with Crippen molar-refractivity contribution in [1.29, 1.82) is 15.8 Å². The van der Waals surface area contributed by atoms with E-state index < -0.39 is 8.07 Å². The lowest BCUT2D eigenvalue weighted by molar-refractivity contribution is 1.17. The van der Waals surface area contributed by atoms with Crippen LogP contribution in [0.25, 0.3) is 38.6 Å². The molecule has 0 aliphatic heterocycles. The number of rotatable bonds is 6. The molecule has 232 valence electrons. The van der Waals surface area contributed by atoms with Crippen molar-refractivity contribution >= 4 is 50.6 Å². The van der Waals surface area contributed by atoms with E-state index in [1.54, 1.807) is 0 Å². The van der Waals surface area contributed by atoms with Gasteiger partial charge in [-0.1, -0.05) is 127 Å². The second-order valence-corrected chi connectivity index (χ2v) is 16.0. The second-order valence-electron chi connectivity index (χ2n) is 12.2. The third kappa shape index (κ3) is 4.72. The summed E-state index contributed by atoms with van der Waals surface area (Å²) in [5.41, 5.74) is 5.91. The summed E-state index contributed by atoms with van der Waals surface area (Å²) in [4.78, 5) is 0. The Kier molecular flexibility index (Phi) is 7.63. The predicted molar refractivity (Wildman–Crippen MR) is 204 cm³/mol. The normalized spacial score (nSPS) is 11.1. The number of nitrogens with zero attached hydrogens (tertiary/aromatic N) is 4. The van der Waals surface area contributed by atoms with Crippen molar-refractivity contribution < 1.29 is 0 Å². The summed E-state index contributed by atoms with van der Waals surface area (Å²) in [5.74, 6) is 0. The van der Waals surface area contributed by atoms with Gasteiger partial charge in [-0.15, -0.1) is 0 Å². The zero-order chi connectivity index (χ0) is 34.1. The van der Waals surface area contributed by atoms with E-state index in [1.807, 2.05) is 84.9 Å². The monoisotopic (exact) mass is 652 g/mol. The minimum atomic E-state index is -3.03. The Hall–Kier alpha value is -6.97. The molecule has 0 aliphatic rings. The Balaban J connectivity index is 1.49. The molecule has 0 fully saturated rings. The van der Waals surface area contributed by atoms with Gasteiger partial charge in [-0.25, -0.2) is 0 Å². The van der Waals surface area contributed by atoms with Crippen LogP contribution < -0.4 is 20.7 Å². The summed E-state index contributed by atoms with van der Waals surface area (Å²) < 4.78 is 2.11. The number of para-hydroxylation sites is 1. The van der Waals surface area contributed by atoms with Crippen molar-refractivity contribution in [3.8, 4) is 35.0 Å². The van der Waals surface area contributed by atoms with Crippen molar-refractivity contribution in [2.45, 2.75) is 0 Å². The average Bonchev–Trinajstić information content (AvgIpc) is 3.52. The SMILES string of the molecule is N#Cc1ccc2c(c1)c1ccccc1n2-c1cc(-c2c(C#N)cccc2[Si](c2ccccc2)(c2ccccc2)c2ccccc2)ccc1C#N. The molecule has 0 atom stereocenters. The van der Waals surface area contributed by atoms with E-state index in [2.05, 4.69) is 108 Å². The first-order chi connectivity index (χ1) is 24.7. The molecule has 0 unspecified atom stereocenters. The number of hydrogen-bond acceptors (Lipinski definition) is 3. The minimum absolute atomic E-state index is 0.509. The van der Waals surface area contributed by atoms with Gasteiger partial charge in [-0.2, -0.15) is 15.8 Å². The standard InChI is InChI=1S/C45H28N4Si/c46-29-32-23-26-42-40(27-32)39-20-10-11-21-41(39)49(42)43-28-33(24-25-34(43)30-47)45-35(31-48)13-12-22-44(45)50(36-14-4-1-5-15-36,37-16-6-2-7-17-37)38-18-8-3-9-19-38/h1-28H. The van der Waals surface area contributed by atoms with Gasteiger partial charge in [0.05, 0.1) is 45.5 Å². The number of aromatic nitrogens is 1. The first-order valence-electron chi connectivity index (χ1n) is 16.4. The fourth-order valence-electron chi connectivity index (χ4n) is 7.57.